The van der Waals surface area contributed by atoms with Crippen molar-refractivity contribution in [1.29, 1.82) is 5.26 Å². The van der Waals surface area contributed by atoms with Gasteiger partial charge in [-0.2, -0.15) is 5.26 Å². The SMILES string of the molecule is CC(c1ccccc1C#N)c1cccc2oc(C(=O)O)cc12. The highest BCUT2D eigenvalue weighted by Gasteiger charge is 2.18. The normalized spacial score (nSPS) is 12.0. The van der Waals surface area contributed by atoms with E-state index in [-0.39, 0.29) is 11.7 Å². The summed E-state index contributed by atoms with van der Waals surface area (Å²) in [5.41, 5.74) is 3.01. The van der Waals surface area contributed by atoms with Gasteiger partial charge in [0.25, 0.3) is 0 Å². The number of furan rings is 1. The molecule has 0 saturated carbocycles. The highest BCUT2D eigenvalue weighted by atomic mass is 16.4. The van der Waals surface area contributed by atoms with Gasteiger partial charge in [0.1, 0.15) is 5.58 Å². The molecule has 0 saturated heterocycles. The molecule has 22 heavy (non-hydrogen) atoms. The molecule has 0 fully saturated rings. The van der Waals surface area contributed by atoms with Crippen molar-refractivity contribution in [3.8, 4) is 6.07 Å². The summed E-state index contributed by atoms with van der Waals surface area (Å²) in [6, 6.07) is 16.7. The molecule has 1 unspecified atom stereocenters. The van der Waals surface area contributed by atoms with Gasteiger partial charge in [-0.1, -0.05) is 37.3 Å². The van der Waals surface area contributed by atoms with Crippen LogP contribution in [0.4, 0.5) is 0 Å². The zero-order valence-electron chi connectivity index (χ0n) is 11.9. The van der Waals surface area contributed by atoms with Crippen molar-refractivity contribution < 1.29 is 14.3 Å². The number of hydrogen-bond donors (Lipinski definition) is 1. The minimum atomic E-state index is -1.09. The minimum Gasteiger partial charge on any atom is -0.475 e. The summed E-state index contributed by atoms with van der Waals surface area (Å²) in [4.78, 5) is 11.1. The zero-order chi connectivity index (χ0) is 15.7. The summed E-state index contributed by atoms with van der Waals surface area (Å²) in [6.45, 7) is 2.00. The summed E-state index contributed by atoms with van der Waals surface area (Å²) in [5, 5.41) is 19.1. The summed E-state index contributed by atoms with van der Waals surface area (Å²) in [7, 11) is 0. The Morgan fingerprint density at radius 1 is 1.18 bits per heavy atom. The zero-order valence-corrected chi connectivity index (χ0v) is 11.9. The second-order valence-electron chi connectivity index (χ2n) is 5.10. The van der Waals surface area contributed by atoms with Gasteiger partial charge in [-0.25, -0.2) is 4.79 Å². The van der Waals surface area contributed by atoms with Gasteiger partial charge in [0.15, 0.2) is 0 Å². The van der Waals surface area contributed by atoms with Crippen molar-refractivity contribution >= 4 is 16.9 Å². The van der Waals surface area contributed by atoms with Crippen molar-refractivity contribution in [3.05, 3.63) is 71.0 Å². The van der Waals surface area contributed by atoms with E-state index in [0.717, 1.165) is 16.5 Å². The minimum absolute atomic E-state index is 0.0428. The third-order valence-electron chi connectivity index (χ3n) is 3.82. The largest absolute Gasteiger partial charge is 0.475 e. The third-order valence-corrected chi connectivity index (χ3v) is 3.82. The van der Waals surface area contributed by atoms with Crippen LogP contribution < -0.4 is 0 Å². The first-order chi connectivity index (χ1) is 10.6. The number of nitriles is 1. The van der Waals surface area contributed by atoms with E-state index >= 15 is 0 Å². The van der Waals surface area contributed by atoms with Gasteiger partial charge in [0, 0.05) is 11.3 Å². The number of benzene rings is 2. The lowest BCUT2D eigenvalue weighted by atomic mass is 9.88. The Labute approximate surface area is 127 Å². The van der Waals surface area contributed by atoms with E-state index in [4.69, 9.17) is 9.52 Å². The highest BCUT2D eigenvalue weighted by Crippen LogP contribution is 2.33. The number of rotatable bonds is 3. The van der Waals surface area contributed by atoms with Gasteiger partial charge < -0.3 is 9.52 Å². The highest BCUT2D eigenvalue weighted by molar-refractivity contribution is 5.93. The lowest BCUT2D eigenvalue weighted by molar-refractivity contribution is 0.0665. The monoisotopic (exact) mass is 291 g/mol. The fourth-order valence-electron chi connectivity index (χ4n) is 2.71. The molecule has 108 valence electrons. The van der Waals surface area contributed by atoms with E-state index in [1.165, 1.54) is 0 Å². The molecule has 4 heteroatoms. The molecule has 2 aromatic carbocycles. The third kappa shape index (κ3) is 2.23. The van der Waals surface area contributed by atoms with Gasteiger partial charge >= 0.3 is 5.97 Å². The Morgan fingerprint density at radius 3 is 2.64 bits per heavy atom. The van der Waals surface area contributed by atoms with Crippen LogP contribution >= 0.6 is 0 Å². The second kappa shape index (κ2) is 5.38. The first-order valence-electron chi connectivity index (χ1n) is 6.86. The van der Waals surface area contributed by atoms with Crippen LogP contribution in [0.2, 0.25) is 0 Å². The van der Waals surface area contributed by atoms with E-state index in [2.05, 4.69) is 6.07 Å². The number of fused-ring (bicyclic) bond motifs is 1. The van der Waals surface area contributed by atoms with Gasteiger partial charge in [0.2, 0.25) is 5.76 Å². The average molecular weight is 291 g/mol. The van der Waals surface area contributed by atoms with Crippen LogP contribution in [-0.4, -0.2) is 11.1 Å². The molecule has 1 atom stereocenters. The predicted molar refractivity (Wildman–Crippen MR) is 81.8 cm³/mol. The molecule has 3 aromatic rings. The lowest BCUT2D eigenvalue weighted by Gasteiger charge is -2.14. The summed E-state index contributed by atoms with van der Waals surface area (Å²) < 4.78 is 5.35. The van der Waals surface area contributed by atoms with Crippen LogP contribution in [0.1, 0.15) is 40.1 Å². The lowest BCUT2D eigenvalue weighted by Crippen LogP contribution is -1.99. The van der Waals surface area contributed by atoms with Gasteiger partial charge in [-0.05, 0) is 29.3 Å². The first kappa shape index (κ1) is 13.9. The Bertz CT molecular complexity index is 902. The van der Waals surface area contributed by atoms with Crippen LogP contribution in [0, 0.1) is 11.3 Å². The molecule has 0 bridgehead atoms. The number of carbonyl (C=O) groups is 1. The van der Waals surface area contributed by atoms with Crippen LogP contribution in [-0.2, 0) is 0 Å². The molecule has 0 aliphatic heterocycles. The molecule has 1 aromatic heterocycles. The number of carboxylic acid groups (broad SMARTS) is 1. The van der Waals surface area contributed by atoms with Crippen molar-refractivity contribution in [2.45, 2.75) is 12.8 Å². The van der Waals surface area contributed by atoms with E-state index in [9.17, 15) is 10.1 Å². The maximum absolute atomic E-state index is 11.1. The summed E-state index contributed by atoms with van der Waals surface area (Å²) in [6.07, 6.45) is 0. The Kier molecular flexibility index (Phi) is 3.40. The van der Waals surface area contributed by atoms with E-state index in [0.29, 0.717) is 11.1 Å². The van der Waals surface area contributed by atoms with E-state index < -0.39 is 5.97 Å². The molecule has 1 heterocycles. The standard InChI is InChI=1S/C18H13NO3/c1-11(13-6-3-2-5-12(13)10-19)14-7-4-8-16-15(14)9-17(22-16)18(20)21/h2-9,11H,1H3,(H,20,21). The molecule has 0 radical (unpaired) electrons. The van der Waals surface area contributed by atoms with Gasteiger partial charge in [0.05, 0.1) is 11.6 Å². The predicted octanol–water partition coefficient (Wildman–Crippen LogP) is 4.15. The van der Waals surface area contributed by atoms with E-state index in [1.807, 2.05) is 37.3 Å². The van der Waals surface area contributed by atoms with Crippen LogP contribution in [0.5, 0.6) is 0 Å². The van der Waals surface area contributed by atoms with Crippen LogP contribution in [0.15, 0.2) is 52.9 Å². The Morgan fingerprint density at radius 2 is 1.91 bits per heavy atom. The van der Waals surface area contributed by atoms with Crippen LogP contribution in [0.25, 0.3) is 11.0 Å². The second-order valence-corrected chi connectivity index (χ2v) is 5.10. The maximum Gasteiger partial charge on any atom is 0.371 e. The molecular weight excluding hydrogens is 278 g/mol. The first-order valence-corrected chi connectivity index (χ1v) is 6.86. The van der Waals surface area contributed by atoms with Gasteiger partial charge in [-0.3, -0.25) is 0 Å². The van der Waals surface area contributed by atoms with Crippen molar-refractivity contribution in [2.75, 3.05) is 0 Å². The molecular formula is C18H13NO3. The number of carboxylic acids is 1. The number of nitrogens with zero attached hydrogens (tertiary/aromatic N) is 1. The Hall–Kier alpha value is -3.06. The fraction of sp³-hybridized carbons (Fsp3) is 0.111. The van der Waals surface area contributed by atoms with E-state index in [1.54, 1.807) is 18.2 Å². The molecule has 0 amide bonds. The molecule has 1 N–H and O–H groups in total. The smallest absolute Gasteiger partial charge is 0.371 e. The molecule has 0 aliphatic rings. The van der Waals surface area contributed by atoms with Crippen molar-refractivity contribution in [2.24, 2.45) is 0 Å². The molecule has 0 spiro atoms. The molecule has 3 rings (SSSR count). The molecule has 0 aliphatic carbocycles. The van der Waals surface area contributed by atoms with Crippen LogP contribution in [0.3, 0.4) is 0 Å². The van der Waals surface area contributed by atoms with Crippen molar-refractivity contribution in [1.82, 2.24) is 0 Å². The summed E-state index contributed by atoms with van der Waals surface area (Å²) >= 11 is 0. The average Bonchev–Trinajstić information content (AvgIpc) is 2.98. The number of aromatic carboxylic acids is 1. The Balaban J connectivity index is 2.17. The topological polar surface area (TPSA) is 74.2 Å². The van der Waals surface area contributed by atoms with Gasteiger partial charge in [-0.15, -0.1) is 0 Å². The molecule has 4 nitrogen and oxygen atoms in total. The summed E-state index contributed by atoms with van der Waals surface area (Å²) in [5.74, 6) is -1.21. The van der Waals surface area contributed by atoms with Crippen molar-refractivity contribution in [3.63, 3.8) is 0 Å². The quantitative estimate of drug-likeness (QED) is 0.786. The number of hydrogen-bond acceptors (Lipinski definition) is 3. The maximum atomic E-state index is 11.1. The fourth-order valence-corrected chi connectivity index (χ4v) is 2.71.